The van der Waals surface area contributed by atoms with Crippen LogP contribution in [0.1, 0.15) is 20.8 Å². The van der Waals surface area contributed by atoms with E-state index in [4.69, 9.17) is 10.5 Å². The second-order valence-corrected chi connectivity index (χ2v) is 5.56. The normalized spacial score (nSPS) is 10.8. The van der Waals surface area contributed by atoms with Gasteiger partial charge in [-0.2, -0.15) is 4.67 Å². The number of hydrogen-bond donors (Lipinski definition) is 0. The Morgan fingerprint density at radius 2 is 1.50 bits per heavy atom. The van der Waals surface area contributed by atoms with Crippen LogP contribution in [0, 0.1) is 22.1 Å². The molecule has 3 nitrogen and oxygen atoms in total. The molecule has 4 heteroatoms. The molecule has 0 aliphatic carbocycles. The Balaban J connectivity index is 4.73. The predicted octanol–water partition coefficient (Wildman–Crippen LogP) is 2.24. The summed E-state index contributed by atoms with van der Waals surface area (Å²) in [6, 6.07) is 0. The first kappa shape index (κ1) is 11.4. The molecule has 0 N–H and O–H groups in total. The number of hydrogen-bond acceptors (Lipinski definition) is 3. The van der Waals surface area contributed by atoms with Gasteiger partial charge in [-0.1, -0.05) is 0 Å². The van der Waals surface area contributed by atoms with Crippen LogP contribution >= 0.6 is 7.41 Å². The van der Waals surface area contributed by atoms with Gasteiger partial charge in [0, 0.05) is 13.1 Å². The molecular weight excluding hydrogens is 169 g/mol. The second-order valence-electron chi connectivity index (χ2n) is 2.42. The molecule has 0 aliphatic rings. The molecule has 0 aromatic rings. The van der Waals surface area contributed by atoms with E-state index in [0.717, 1.165) is 13.1 Å². The fourth-order valence-corrected chi connectivity index (χ4v) is 3.14. The summed E-state index contributed by atoms with van der Waals surface area (Å²) in [7, 11) is -2.10. The first-order chi connectivity index (χ1) is 5.70. The van der Waals surface area contributed by atoms with Gasteiger partial charge in [0.25, 0.3) is 19.0 Å². The van der Waals surface area contributed by atoms with E-state index in [0.29, 0.717) is 6.16 Å². The lowest BCUT2D eigenvalue weighted by atomic mass is 10.7. The van der Waals surface area contributed by atoms with Crippen LogP contribution in [0.3, 0.4) is 0 Å². The molecule has 0 aromatic heterocycles. The van der Waals surface area contributed by atoms with Crippen LogP contribution in [-0.2, 0) is 0 Å². The van der Waals surface area contributed by atoms with Crippen molar-refractivity contribution in [1.29, 1.82) is 10.5 Å². The molecule has 0 spiro atoms. The third-order valence-corrected chi connectivity index (χ3v) is 5.11. The van der Waals surface area contributed by atoms with Gasteiger partial charge in [-0.25, -0.2) is 0 Å². The van der Waals surface area contributed by atoms with Crippen LogP contribution in [0.25, 0.3) is 0 Å². The van der Waals surface area contributed by atoms with Gasteiger partial charge in [0.15, 0.2) is 0 Å². The zero-order valence-electron chi connectivity index (χ0n) is 7.91. The first-order valence-electron chi connectivity index (χ1n) is 4.16. The van der Waals surface area contributed by atoms with E-state index < -0.39 is 7.41 Å². The van der Waals surface area contributed by atoms with Crippen molar-refractivity contribution < 1.29 is 0 Å². The number of rotatable bonds is 4. The minimum Gasteiger partial charge on any atom is -0.153 e. The summed E-state index contributed by atoms with van der Waals surface area (Å²) in [6.45, 7) is 7.47. The Labute approximate surface area is 75.0 Å². The predicted molar refractivity (Wildman–Crippen MR) is 51.6 cm³/mol. The van der Waals surface area contributed by atoms with Gasteiger partial charge in [-0.15, -0.1) is 10.5 Å². The summed E-state index contributed by atoms with van der Waals surface area (Å²) in [6.07, 6.45) is 0.668. The van der Waals surface area contributed by atoms with Crippen molar-refractivity contribution in [2.45, 2.75) is 20.8 Å². The van der Waals surface area contributed by atoms with Gasteiger partial charge in [0.05, 0.1) is 0 Å². The molecule has 0 saturated heterocycles. The van der Waals surface area contributed by atoms with E-state index in [2.05, 4.69) is 11.6 Å². The van der Waals surface area contributed by atoms with Crippen LogP contribution in [0.5, 0.6) is 0 Å². The maximum absolute atomic E-state index is 8.94. The number of nitriles is 2. The highest BCUT2D eigenvalue weighted by molar-refractivity contribution is 7.82. The molecule has 0 saturated carbocycles. The highest BCUT2D eigenvalue weighted by atomic mass is 31.2. The molecule has 66 valence electrons. The fraction of sp³-hybridized carbons (Fsp3) is 0.750. The highest BCUT2D eigenvalue weighted by Crippen LogP contribution is 2.59. The molecule has 0 amide bonds. The molecule has 0 aromatic carbocycles. The molecule has 0 bridgehead atoms. The van der Waals surface area contributed by atoms with Gasteiger partial charge in [0.1, 0.15) is 6.16 Å². The van der Waals surface area contributed by atoms with E-state index in [1.807, 2.05) is 25.4 Å². The monoisotopic (exact) mass is 184 g/mol. The second kappa shape index (κ2) is 5.09. The van der Waals surface area contributed by atoms with Crippen molar-refractivity contribution in [3.8, 4) is 11.6 Å². The van der Waals surface area contributed by atoms with Gasteiger partial charge < -0.3 is 0 Å². The van der Waals surface area contributed by atoms with Crippen molar-refractivity contribution in [3.05, 3.63) is 0 Å². The quantitative estimate of drug-likeness (QED) is 0.629. The zero-order valence-corrected chi connectivity index (χ0v) is 8.80. The first-order valence-corrected chi connectivity index (χ1v) is 6.09. The minimum absolute atomic E-state index is 0.668. The van der Waals surface area contributed by atoms with Crippen LogP contribution in [-0.4, -0.2) is 23.9 Å². The molecule has 0 radical (unpaired) electrons. The molecule has 0 rings (SSSR count). The Morgan fingerprint density at radius 3 is 1.58 bits per heavy atom. The van der Waals surface area contributed by atoms with Gasteiger partial charge in [-0.05, 0) is 20.8 Å². The van der Waals surface area contributed by atoms with Crippen LogP contribution < -0.4 is 0 Å². The van der Waals surface area contributed by atoms with Crippen molar-refractivity contribution in [1.82, 2.24) is 4.67 Å². The Kier molecular flexibility index (Phi) is 4.83. The maximum Gasteiger partial charge on any atom is 0.295 e. The molecular formula is C8H15N3P+. The Bertz CT molecular complexity index is 195. The summed E-state index contributed by atoms with van der Waals surface area (Å²) in [4.78, 5) is 0. The average Bonchev–Trinajstić information content (AvgIpc) is 2.14. The van der Waals surface area contributed by atoms with E-state index in [1.165, 1.54) is 0 Å². The maximum atomic E-state index is 8.94. The third-order valence-electron chi connectivity index (χ3n) is 2.00. The third kappa shape index (κ3) is 1.95. The van der Waals surface area contributed by atoms with Crippen molar-refractivity contribution in [3.63, 3.8) is 0 Å². The van der Waals surface area contributed by atoms with Crippen LogP contribution in [0.4, 0.5) is 0 Å². The summed E-state index contributed by atoms with van der Waals surface area (Å²) in [5.74, 6) is 4.39. The average molecular weight is 184 g/mol. The van der Waals surface area contributed by atoms with Gasteiger partial charge in [0.2, 0.25) is 0 Å². The SMILES string of the molecule is CCN(CC)[P+](C#N)(C#N)CC. The molecule has 12 heavy (non-hydrogen) atoms. The van der Waals surface area contributed by atoms with Crippen LogP contribution in [0.15, 0.2) is 0 Å². The lowest BCUT2D eigenvalue weighted by molar-refractivity contribution is 0.504. The molecule has 0 unspecified atom stereocenters. The van der Waals surface area contributed by atoms with E-state index >= 15 is 0 Å². The Hall–Kier alpha value is -0.630. The summed E-state index contributed by atoms with van der Waals surface area (Å²) >= 11 is 0. The Morgan fingerprint density at radius 1 is 1.08 bits per heavy atom. The van der Waals surface area contributed by atoms with Crippen LogP contribution in [0.2, 0.25) is 0 Å². The van der Waals surface area contributed by atoms with E-state index in [1.54, 1.807) is 0 Å². The summed E-state index contributed by atoms with van der Waals surface area (Å²) < 4.78 is 1.99. The fourth-order valence-electron chi connectivity index (χ4n) is 1.20. The minimum atomic E-state index is -2.10. The topological polar surface area (TPSA) is 50.8 Å². The van der Waals surface area contributed by atoms with E-state index in [-0.39, 0.29) is 0 Å². The van der Waals surface area contributed by atoms with Crippen molar-refractivity contribution in [2.24, 2.45) is 0 Å². The molecule has 0 heterocycles. The smallest absolute Gasteiger partial charge is 0.153 e. The molecule has 0 atom stereocenters. The highest BCUT2D eigenvalue weighted by Gasteiger charge is 2.44. The number of nitrogens with zero attached hydrogens (tertiary/aromatic N) is 3. The largest absolute Gasteiger partial charge is 0.295 e. The van der Waals surface area contributed by atoms with Crippen molar-refractivity contribution in [2.75, 3.05) is 19.3 Å². The lowest BCUT2D eigenvalue weighted by Crippen LogP contribution is -2.23. The lowest BCUT2D eigenvalue weighted by Gasteiger charge is -2.20. The summed E-state index contributed by atoms with van der Waals surface area (Å²) in [5.41, 5.74) is 0. The van der Waals surface area contributed by atoms with Crippen molar-refractivity contribution >= 4 is 7.41 Å². The van der Waals surface area contributed by atoms with Gasteiger partial charge in [-0.3, -0.25) is 0 Å². The molecule has 0 aliphatic heterocycles. The molecule has 0 fully saturated rings. The summed E-state index contributed by atoms with van der Waals surface area (Å²) in [5, 5.41) is 17.9. The zero-order chi connectivity index (χ0) is 9.61. The van der Waals surface area contributed by atoms with Gasteiger partial charge >= 0.3 is 0 Å². The van der Waals surface area contributed by atoms with E-state index in [9.17, 15) is 0 Å². The standard InChI is InChI=1S/C8H15N3P/c1-4-11(5-2)12(6-3,7-9)8-10/h4-6H2,1-3H3/q+1.